The summed E-state index contributed by atoms with van der Waals surface area (Å²) in [6.45, 7) is 5.27. The Kier molecular flexibility index (Phi) is 6.13. The molecule has 3 N–H and O–H groups in total. The Bertz CT molecular complexity index is 1300. The highest BCUT2D eigenvalue weighted by Gasteiger charge is 2.15. The molecule has 2 aromatic carbocycles. The van der Waals surface area contributed by atoms with Gasteiger partial charge < -0.3 is 10.6 Å². The maximum atomic E-state index is 6.61. The Morgan fingerprint density at radius 1 is 1.00 bits per heavy atom. The number of H-pyrrole nitrogens is 1. The number of hydrogen-bond donors (Lipinski definition) is 2. The average Bonchev–Trinajstić information content (AvgIpc) is 3.23. The Balaban J connectivity index is 1.31. The van der Waals surface area contributed by atoms with Crippen LogP contribution in [-0.2, 0) is 6.54 Å². The first-order valence-electron chi connectivity index (χ1n) is 11.1. The maximum Gasteiger partial charge on any atom is 0.123 e. The summed E-state index contributed by atoms with van der Waals surface area (Å²) in [5.74, 6) is 0.508. The van der Waals surface area contributed by atoms with Crippen molar-refractivity contribution in [2.24, 2.45) is 0 Å². The molecular formula is C26H27ClN6. The van der Waals surface area contributed by atoms with Crippen molar-refractivity contribution in [3.63, 3.8) is 0 Å². The number of nitrogens with two attached hydrogens (primary N) is 1. The third kappa shape index (κ3) is 4.93. The summed E-state index contributed by atoms with van der Waals surface area (Å²) in [4.78, 5) is 8.88. The maximum absolute atomic E-state index is 6.61. The van der Waals surface area contributed by atoms with Crippen molar-refractivity contribution in [3.05, 3.63) is 76.6 Å². The van der Waals surface area contributed by atoms with Crippen molar-refractivity contribution in [3.8, 4) is 11.1 Å². The summed E-state index contributed by atoms with van der Waals surface area (Å²) in [6.07, 6.45) is 5.80. The van der Waals surface area contributed by atoms with Crippen molar-refractivity contribution >= 4 is 40.5 Å². The quantitative estimate of drug-likeness (QED) is 0.450. The third-order valence-corrected chi connectivity index (χ3v) is 6.56. The van der Waals surface area contributed by atoms with E-state index in [9.17, 15) is 0 Å². The first-order chi connectivity index (χ1) is 16.0. The molecule has 7 heteroatoms. The fourth-order valence-corrected chi connectivity index (χ4v) is 4.44. The number of rotatable bonds is 5. The molecule has 1 aliphatic rings. The van der Waals surface area contributed by atoms with Crippen LogP contribution in [0.5, 0.6) is 0 Å². The number of nitrogen functional groups attached to an aromatic ring is 1. The Morgan fingerprint density at radius 3 is 2.61 bits per heavy atom. The summed E-state index contributed by atoms with van der Waals surface area (Å²) >= 11 is 6.61. The lowest BCUT2D eigenvalue weighted by Crippen LogP contribution is -2.43. The molecular weight excluding hydrogens is 432 g/mol. The number of aromatic amines is 1. The normalized spacial score (nSPS) is 15.6. The van der Waals surface area contributed by atoms with Crippen LogP contribution in [-0.4, -0.2) is 58.2 Å². The van der Waals surface area contributed by atoms with Gasteiger partial charge in [0.2, 0.25) is 0 Å². The molecule has 3 heterocycles. The van der Waals surface area contributed by atoms with E-state index < -0.39 is 0 Å². The number of benzene rings is 2. The summed E-state index contributed by atoms with van der Waals surface area (Å²) in [7, 11) is 2.17. The molecule has 0 radical (unpaired) electrons. The van der Waals surface area contributed by atoms with Crippen LogP contribution in [0.25, 0.3) is 34.2 Å². The molecule has 5 rings (SSSR count). The molecule has 0 atom stereocenters. The fraction of sp³-hybridized carbons (Fsp3) is 0.231. The van der Waals surface area contributed by atoms with Crippen LogP contribution in [0.4, 0.5) is 5.82 Å². The van der Waals surface area contributed by atoms with Gasteiger partial charge >= 0.3 is 0 Å². The molecule has 1 aliphatic heterocycles. The largest absolute Gasteiger partial charge is 0.384 e. The number of fused-ring (bicyclic) bond motifs is 1. The second-order valence-corrected chi connectivity index (χ2v) is 9.01. The van der Waals surface area contributed by atoms with Gasteiger partial charge in [-0.15, -0.1) is 0 Å². The monoisotopic (exact) mass is 458 g/mol. The second-order valence-electron chi connectivity index (χ2n) is 8.60. The number of piperazine rings is 1. The van der Waals surface area contributed by atoms with Crippen LogP contribution in [0, 0.1) is 0 Å². The highest BCUT2D eigenvalue weighted by molar-refractivity contribution is 6.31. The van der Waals surface area contributed by atoms with Gasteiger partial charge in [-0.05, 0) is 65.7 Å². The van der Waals surface area contributed by atoms with E-state index in [1.807, 2.05) is 24.3 Å². The molecule has 0 unspecified atom stereocenters. The lowest BCUT2D eigenvalue weighted by Gasteiger charge is -2.32. The molecule has 33 heavy (non-hydrogen) atoms. The van der Waals surface area contributed by atoms with E-state index in [4.69, 9.17) is 17.3 Å². The van der Waals surface area contributed by atoms with Crippen molar-refractivity contribution in [2.45, 2.75) is 6.54 Å². The number of nitrogens with one attached hydrogen (secondary N) is 1. The van der Waals surface area contributed by atoms with E-state index in [1.54, 1.807) is 6.20 Å². The molecule has 6 nitrogen and oxygen atoms in total. The van der Waals surface area contributed by atoms with Crippen LogP contribution >= 0.6 is 11.6 Å². The molecule has 0 saturated carbocycles. The van der Waals surface area contributed by atoms with E-state index in [0.29, 0.717) is 5.82 Å². The molecule has 2 aromatic heterocycles. The van der Waals surface area contributed by atoms with Gasteiger partial charge in [0.05, 0.1) is 11.2 Å². The zero-order valence-corrected chi connectivity index (χ0v) is 19.4. The predicted molar refractivity (Wildman–Crippen MR) is 137 cm³/mol. The third-order valence-electron chi connectivity index (χ3n) is 6.21. The number of pyridine rings is 1. The number of aromatic nitrogens is 3. The zero-order valence-electron chi connectivity index (χ0n) is 18.6. The predicted octanol–water partition coefficient (Wildman–Crippen LogP) is 4.78. The Morgan fingerprint density at radius 2 is 1.82 bits per heavy atom. The number of hydrogen-bond acceptors (Lipinski definition) is 5. The van der Waals surface area contributed by atoms with Gasteiger partial charge in [-0.2, -0.15) is 5.10 Å². The molecule has 4 aromatic rings. The van der Waals surface area contributed by atoms with Crippen LogP contribution in [0.3, 0.4) is 0 Å². The van der Waals surface area contributed by atoms with Crippen LogP contribution in [0.1, 0.15) is 16.8 Å². The number of anilines is 1. The lowest BCUT2D eigenvalue weighted by molar-refractivity contribution is 0.148. The van der Waals surface area contributed by atoms with Crippen molar-refractivity contribution in [2.75, 3.05) is 39.0 Å². The minimum absolute atomic E-state index is 0.508. The van der Waals surface area contributed by atoms with Crippen molar-refractivity contribution in [1.29, 1.82) is 0 Å². The van der Waals surface area contributed by atoms with Crippen molar-refractivity contribution in [1.82, 2.24) is 25.0 Å². The Labute approximate surface area is 198 Å². The summed E-state index contributed by atoms with van der Waals surface area (Å²) in [6, 6.07) is 16.3. The standard InChI is InChI=1S/C26H27ClN6/c1-32-10-12-33(13-11-32)17-21-4-2-18(14-23(21)27)3-7-24-22-6-5-19(15-25(22)31-30-24)20-8-9-29-26(28)16-20/h2-9,14-16H,10-13,17H2,1H3,(H2,28,29)(H,30,31)/b7-3+. The molecule has 0 bridgehead atoms. The first kappa shape index (κ1) is 21.6. The van der Waals surface area contributed by atoms with Crippen LogP contribution < -0.4 is 5.73 Å². The SMILES string of the molecule is CN1CCN(Cc2ccc(/C=C/c3n[nH]c4cc(-c5ccnc(N)c5)ccc34)cc2Cl)CC1. The van der Waals surface area contributed by atoms with E-state index >= 15 is 0 Å². The fourth-order valence-electron chi connectivity index (χ4n) is 4.19. The van der Waals surface area contributed by atoms with Gasteiger partial charge in [0.1, 0.15) is 5.82 Å². The number of likely N-dealkylation sites (N-methyl/N-ethyl adjacent to an activating group) is 1. The minimum atomic E-state index is 0.508. The van der Waals surface area contributed by atoms with Crippen molar-refractivity contribution < 1.29 is 0 Å². The van der Waals surface area contributed by atoms with Gasteiger partial charge in [-0.25, -0.2) is 4.98 Å². The average molecular weight is 459 g/mol. The smallest absolute Gasteiger partial charge is 0.123 e. The van der Waals surface area contributed by atoms with Gasteiger partial charge in [0, 0.05) is 49.3 Å². The molecule has 0 amide bonds. The van der Waals surface area contributed by atoms with Gasteiger partial charge in [0.25, 0.3) is 0 Å². The summed E-state index contributed by atoms with van der Waals surface area (Å²) in [5.41, 5.74) is 12.0. The topological polar surface area (TPSA) is 74.1 Å². The van der Waals surface area contributed by atoms with E-state index in [0.717, 1.165) is 71.0 Å². The molecule has 0 aliphatic carbocycles. The Hall–Kier alpha value is -3.19. The minimum Gasteiger partial charge on any atom is -0.384 e. The van der Waals surface area contributed by atoms with Crippen LogP contribution in [0.15, 0.2) is 54.7 Å². The van der Waals surface area contributed by atoms with E-state index in [1.165, 1.54) is 5.56 Å². The van der Waals surface area contributed by atoms with Crippen LogP contribution in [0.2, 0.25) is 5.02 Å². The van der Waals surface area contributed by atoms with Gasteiger partial charge in [-0.1, -0.05) is 35.9 Å². The van der Waals surface area contributed by atoms with E-state index in [2.05, 4.69) is 68.4 Å². The summed E-state index contributed by atoms with van der Waals surface area (Å²) < 4.78 is 0. The molecule has 0 spiro atoms. The molecule has 1 fully saturated rings. The summed E-state index contributed by atoms with van der Waals surface area (Å²) in [5, 5.41) is 9.50. The highest BCUT2D eigenvalue weighted by atomic mass is 35.5. The van der Waals surface area contributed by atoms with Gasteiger partial charge in [0.15, 0.2) is 0 Å². The zero-order chi connectivity index (χ0) is 22.8. The molecule has 1 saturated heterocycles. The lowest BCUT2D eigenvalue weighted by atomic mass is 10.0. The van der Waals surface area contributed by atoms with E-state index in [-0.39, 0.29) is 0 Å². The molecule has 168 valence electrons. The number of nitrogens with zero attached hydrogens (tertiary/aromatic N) is 4. The first-order valence-corrected chi connectivity index (χ1v) is 11.5. The number of halogens is 1. The highest BCUT2D eigenvalue weighted by Crippen LogP contribution is 2.27. The second kappa shape index (κ2) is 9.35. The van der Waals surface area contributed by atoms with Gasteiger partial charge in [-0.3, -0.25) is 10.00 Å².